The first kappa shape index (κ1) is 17.1. The van der Waals surface area contributed by atoms with E-state index < -0.39 is 29.6 Å². The molecule has 1 atom stereocenters. The van der Waals surface area contributed by atoms with Crippen molar-refractivity contribution in [2.75, 3.05) is 16.8 Å². The van der Waals surface area contributed by atoms with E-state index in [1.807, 2.05) is 0 Å². The van der Waals surface area contributed by atoms with Gasteiger partial charge in [-0.2, -0.15) is 0 Å². The van der Waals surface area contributed by atoms with Crippen molar-refractivity contribution in [3.8, 4) is 0 Å². The summed E-state index contributed by atoms with van der Waals surface area (Å²) in [6.07, 6.45) is 0. The monoisotopic (exact) mass is 405 g/mol. The third kappa shape index (κ3) is 3.69. The first-order valence-electron chi connectivity index (χ1n) is 7.39. The molecule has 8 heteroatoms. The van der Waals surface area contributed by atoms with E-state index in [4.69, 9.17) is 0 Å². The molecule has 6 nitrogen and oxygen atoms in total. The maximum atomic E-state index is 13.1. The van der Waals surface area contributed by atoms with Gasteiger partial charge in [-0.05, 0) is 42.5 Å². The largest absolute Gasteiger partial charge is 0.336 e. The third-order valence-corrected chi connectivity index (χ3v) is 4.17. The van der Waals surface area contributed by atoms with E-state index in [1.165, 1.54) is 12.1 Å². The molecule has 3 rings (SSSR count). The van der Waals surface area contributed by atoms with E-state index in [9.17, 15) is 18.8 Å². The number of rotatable bonds is 3. The minimum atomic E-state index is -1.08. The highest BCUT2D eigenvalue weighted by Crippen LogP contribution is 2.22. The molecule has 0 saturated carbocycles. The van der Waals surface area contributed by atoms with Gasteiger partial charge >= 0.3 is 6.03 Å². The van der Waals surface area contributed by atoms with Gasteiger partial charge in [-0.25, -0.2) is 14.1 Å². The van der Waals surface area contributed by atoms with Gasteiger partial charge in [0.2, 0.25) is 11.8 Å². The number of anilines is 2. The van der Waals surface area contributed by atoms with E-state index in [0.29, 0.717) is 5.69 Å². The fourth-order valence-corrected chi connectivity index (χ4v) is 2.85. The van der Waals surface area contributed by atoms with E-state index >= 15 is 0 Å². The van der Waals surface area contributed by atoms with Gasteiger partial charge in [0.15, 0.2) is 0 Å². The molecule has 1 fully saturated rings. The van der Waals surface area contributed by atoms with Crippen LogP contribution in [0.25, 0.3) is 0 Å². The van der Waals surface area contributed by atoms with Crippen LogP contribution in [0, 0.1) is 11.7 Å². The van der Waals surface area contributed by atoms with Crippen molar-refractivity contribution in [1.29, 1.82) is 0 Å². The van der Waals surface area contributed by atoms with Gasteiger partial charge in [-0.1, -0.05) is 22.0 Å². The summed E-state index contributed by atoms with van der Waals surface area (Å²) in [5.74, 6) is -2.77. The van der Waals surface area contributed by atoms with Crippen LogP contribution in [0.3, 0.4) is 0 Å². The standard InChI is InChI=1S/C17H13BrFN3O3/c18-10-2-1-3-12(8-10)21-15(23)14-9-20-17(25)22(16(14)24)13-6-4-11(19)5-7-13/h1-8,14H,9H2,(H,20,25)(H,21,23). The van der Waals surface area contributed by atoms with Gasteiger partial charge in [0.25, 0.3) is 0 Å². The van der Waals surface area contributed by atoms with Crippen LogP contribution in [-0.2, 0) is 9.59 Å². The Kier molecular flexibility index (Phi) is 4.80. The van der Waals surface area contributed by atoms with E-state index in [2.05, 4.69) is 26.6 Å². The summed E-state index contributed by atoms with van der Waals surface area (Å²) in [5.41, 5.74) is 0.723. The molecular weight excluding hydrogens is 393 g/mol. The molecule has 0 spiro atoms. The van der Waals surface area contributed by atoms with Gasteiger partial charge < -0.3 is 10.6 Å². The van der Waals surface area contributed by atoms with Crippen molar-refractivity contribution in [3.05, 3.63) is 58.8 Å². The number of nitrogens with zero attached hydrogens (tertiary/aromatic N) is 1. The minimum absolute atomic E-state index is 0.102. The molecule has 1 saturated heterocycles. The minimum Gasteiger partial charge on any atom is -0.336 e. The lowest BCUT2D eigenvalue weighted by Gasteiger charge is -2.30. The molecule has 0 radical (unpaired) electrons. The summed E-state index contributed by atoms with van der Waals surface area (Å²) in [6.45, 7) is -0.102. The molecule has 1 unspecified atom stereocenters. The number of hydrogen-bond donors (Lipinski definition) is 2. The fraction of sp³-hybridized carbons (Fsp3) is 0.118. The lowest BCUT2D eigenvalue weighted by atomic mass is 10.0. The molecule has 25 heavy (non-hydrogen) atoms. The number of hydrogen-bond acceptors (Lipinski definition) is 3. The Hall–Kier alpha value is -2.74. The number of imide groups is 1. The van der Waals surface area contributed by atoms with Gasteiger partial charge in [-0.15, -0.1) is 0 Å². The van der Waals surface area contributed by atoms with Crippen molar-refractivity contribution in [1.82, 2.24) is 5.32 Å². The normalized spacial score (nSPS) is 17.2. The van der Waals surface area contributed by atoms with Crippen LogP contribution in [-0.4, -0.2) is 24.4 Å². The van der Waals surface area contributed by atoms with E-state index in [0.717, 1.165) is 21.5 Å². The fourth-order valence-electron chi connectivity index (χ4n) is 2.45. The quantitative estimate of drug-likeness (QED) is 0.770. The molecule has 2 aromatic carbocycles. The van der Waals surface area contributed by atoms with Crippen molar-refractivity contribution >= 4 is 45.2 Å². The van der Waals surface area contributed by atoms with Crippen LogP contribution < -0.4 is 15.5 Å². The second kappa shape index (κ2) is 7.02. The summed E-state index contributed by atoms with van der Waals surface area (Å²) in [4.78, 5) is 37.9. The molecule has 2 aromatic rings. The Morgan fingerprint density at radius 2 is 1.92 bits per heavy atom. The Balaban J connectivity index is 1.80. The first-order valence-corrected chi connectivity index (χ1v) is 8.19. The number of nitrogens with one attached hydrogen (secondary N) is 2. The Morgan fingerprint density at radius 1 is 1.20 bits per heavy atom. The van der Waals surface area contributed by atoms with Crippen LogP contribution in [0.1, 0.15) is 0 Å². The van der Waals surface area contributed by atoms with Crippen molar-refractivity contribution in [3.63, 3.8) is 0 Å². The number of urea groups is 1. The van der Waals surface area contributed by atoms with Gasteiger partial charge in [0, 0.05) is 16.7 Å². The van der Waals surface area contributed by atoms with Crippen LogP contribution in [0.2, 0.25) is 0 Å². The number of benzene rings is 2. The molecule has 1 aliphatic heterocycles. The topological polar surface area (TPSA) is 78.5 Å². The second-order valence-corrected chi connectivity index (χ2v) is 6.30. The second-order valence-electron chi connectivity index (χ2n) is 5.39. The Bertz CT molecular complexity index is 841. The van der Waals surface area contributed by atoms with Crippen LogP contribution >= 0.6 is 15.9 Å². The number of halogens is 2. The lowest BCUT2D eigenvalue weighted by molar-refractivity contribution is -0.130. The zero-order valence-electron chi connectivity index (χ0n) is 12.8. The lowest BCUT2D eigenvalue weighted by Crippen LogP contribution is -2.58. The van der Waals surface area contributed by atoms with Gasteiger partial charge in [0.05, 0.1) is 5.69 Å². The predicted octanol–water partition coefficient (Wildman–Crippen LogP) is 2.90. The van der Waals surface area contributed by atoms with Crippen LogP contribution in [0.4, 0.5) is 20.6 Å². The summed E-state index contributed by atoms with van der Waals surface area (Å²) in [6, 6.07) is 11.2. The first-order chi connectivity index (χ1) is 12.0. The maximum absolute atomic E-state index is 13.1. The number of carbonyl (C=O) groups excluding carboxylic acids is 3. The van der Waals surface area contributed by atoms with Gasteiger partial charge in [-0.3, -0.25) is 9.59 Å². The maximum Gasteiger partial charge on any atom is 0.328 e. The molecule has 0 aromatic heterocycles. The third-order valence-electron chi connectivity index (χ3n) is 3.67. The summed E-state index contributed by atoms with van der Waals surface area (Å²) >= 11 is 3.30. The molecule has 2 N–H and O–H groups in total. The zero-order chi connectivity index (χ0) is 18.0. The molecule has 4 amide bonds. The average molecular weight is 406 g/mol. The van der Waals surface area contributed by atoms with E-state index in [-0.39, 0.29) is 12.2 Å². The highest BCUT2D eigenvalue weighted by atomic mass is 79.9. The molecule has 1 aliphatic rings. The van der Waals surface area contributed by atoms with Crippen molar-refractivity contribution < 1.29 is 18.8 Å². The summed E-state index contributed by atoms with van der Waals surface area (Å²) in [5, 5.41) is 5.16. The van der Waals surface area contributed by atoms with Crippen LogP contribution in [0.5, 0.6) is 0 Å². The smallest absolute Gasteiger partial charge is 0.328 e. The number of amides is 4. The Morgan fingerprint density at radius 3 is 2.60 bits per heavy atom. The highest BCUT2D eigenvalue weighted by molar-refractivity contribution is 9.10. The predicted molar refractivity (Wildman–Crippen MR) is 93.5 cm³/mol. The van der Waals surface area contributed by atoms with E-state index in [1.54, 1.807) is 24.3 Å². The SMILES string of the molecule is O=C(Nc1cccc(Br)c1)C1CNC(=O)N(c2ccc(F)cc2)C1=O. The van der Waals surface area contributed by atoms with Crippen molar-refractivity contribution in [2.45, 2.75) is 0 Å². The molecule has 1 heterocycles. The van der Waals surface area contributed by atoms with Crippen LogP contribution in [0.15, 0.2) is 53.0 Å². The highest BCUT2D eigenvalue weighted by Gasteiger charge is 2.39. The molecule has 0 aliphatic carbocycles. The summed E-state index contributed by atoms with van der Waals surface area (Å²) < 4.78 is 13.8. The molecule has 0 bridgehead atoms. The van der Waals surface area contributed by atoms with Gasteiger partial charge in [0.1, 0.15) is 11.7 Å². The average Bonchev–Trinajstić information content (AvgIpc) is 2.56. The molecule has 128 valence electrons. The number of carbonyl (C=O) groups is 3. The Labute approximate surface area is 151 Å². The van der Waals surface area contributed by atoms with Crippen molar-refractivity contribution in [2.24, 2.45) is 5.92 Å². The summed E-state index contributed by atoms with van der Waals surface area (Å²) in [7, 11) is 0. The molecular formula is C17H13BrFN3O3. The zero-order valence-corrected chi connectivity index (χ0v) is 14.4.